The summed E-state index contributed by atoms with van der Waals surface area (Å²) in [5, 5.41) is 8.61. The van der Waals surface area contributed by atoms with E-state index in [1.165, 1.54) is 0 Å². The van der Waals surface area contributed by atoms with Crippen molar-refractivity contribution in [1.29, 1.82) is 0 Å². The molecule has 19 heavy (non-hydrogen) atoms. The van der Waals surface area contributed by atoms with Crippen LogP contribution >= 0.6 is 0 Å². The van der Waals surface area contributed by atoms with Crippen LogP contribution in [-0.2, 0) is 9.59 Å². The molecule has 0 saturated carbocycles. The summed E-state index contributed by atoms with van der Waals surface area (Å²) >= 11 is 0. The van der Waals surface area contributed by atoms with Crippen LogP contribution in [0.4, 0.5) is 5.82 Å². The summed E-state index contributed by atoms with van der Waals surface area (Å²) in [7, 11) is 0. The van der Waals surface area contributed by atoms with Crippen molar-refractivity contribution < 1.29 is 14.7 Å². The highest BCUT2D eigenvalue weighted by Crippen LogP contribution is 2.18. The number of nitrogens with zero attached hydrogens (tertiary/aromatic N) is 2. The number of hydrogen-bond acceptors (Lipinski definition) is 5. The molecule has 2 heterocycles. The Morgan fingerprint density at radius 2 is 2.21 bits per heavy atom. The summed E-state index contributed by atoms with van der Waals surface area (Å²) in [4.78, 5) is 28.0. The van der Waals surface area contributed by atoms with Crippen molar-refractivity contribution in [3.63, 3.8) is 0 Å². The van der Waals surface area contributed by atoms with Gasteiger partial charge in [-0.3, -0.25) is 25.3 Å². The Hall–Kier alpha value is -2.15. The van der Waals surface area contributed by atoms with Crippen LogP contribution in [0.2, 0.25) is 0 Å². The van der Waals surface area contributed by atoms with Gasteiger partial charge in [0.25, 0.3) is 5.91 Å². The number of anilines is 1. The van der Waals surface area contributed by atoms with Crippen LogP contribution in [0, 0.1) is 5.92 Å². The van der Waals surface area contributed by atoms with Crippen molar-refractivity contribution in [3.8, 4) is 0 Å². The molecule has 7 heteroatoms. The molecule has 0 aliphatic carbocycles. The van der Waals surface area contributed by atoms with E-state index in [9.17, 15) is 9.59 Å². The first-order chi connectivity index (χ1) is 9.13. The number of amides is 1. The molecule has 1 saturated heterocycles. The van der Waals surface area contributed by atoms with E-state index in [0.29, 0.717) is 18.9 Å². The normalized spacial score (nSPS) is 15.6. The van der Waals surface area contributed by atoms with Crippen LogP contribution in [0.5, 0.6) is 0 Å². The number of likely N-dealkylation sites (tertiary alicyclic amines) is 1. The molecule has 0 unspecified atom stereocenters. The van der Waals surface area contributed by atoms with Gasteiger partial charge in [0, 0.05) is 19.3 Å². The molecule has 0 spiro atoms. The molecule has 1 aliphatic rings. The number of aliphatic carboxylic acids is 1. The number of carboxylic acid groups (broad SMARTS) is 1. The zero-order valence-corrected chi connectivity index (χ0v) is 10.4. The number of hydrogen-bond donors (Lipinski definition) is 3. The van der Waals surface area contributed by atoms with Crippen LogP contribution in [0.1, 0.15) is 6.42 Å². The molecular formula is C12H16N4O3. The molecule has 102 valence electrons. The summed E-state index contributed by atoms with van der Waals surface area (Å²) in [5.74, 6) is -0.220. The number of carbonyl (C=O) groups is 2. The standard InChI is InChI=1S/C12H16N4O3/c17-11(15-14-10-3-1-2-4-13-10)8-16-6-9(7-16)5-12(18)19/h1-4,9H,5-8H2,(H,13,14)(H,15,17)(H,18,19). The summed E-state index contributed by atoms with van der Waals surface area (Å²) in [6, 6.07) is 5.34. The topological polar surface area (TPSA) is 94.6 Å². The Bertz CT molecular complexity index is 446. The summed E-state index contributed by atoms with van der Waals surface area (Å²) in [6.45, 7) is 1.57. The average Bonchev–Trinajstić information content (AvgIpc) is 2.34. The van der Waals surface area contributed by atoms with Gasteiger partial charge in [-0.15, -0.1) is 0 Å². The lowest BCUT2D eigenvalue weighted by atomic mass is 9.96. The van der Waals surface area contributed by atoms with Gasteiger partial charge in [-0.05, 0) is 18.1 Å². The van der Waals surface area contributed by atoms with Crippen molar-refractivity contribution >= 4 is 17.7 Å². The van der Waals surface area contributed by atoms with Crippen LogP contribution in [0.25, 0.3) is 0 Å². The van der Waals surface area contributed by atoms with E-state index in [-0.39, 0.29) is 24.8 Å². The molecule has 1 amide bonds. The highest BCUT2D eigenvalue weighted by atomic mass is 16.4. The largest absolute Gasteiger partial charge is 0.481 e. The van der Waals surface area contributed by atoms with Gasteiger partial charge in [0.05, 0.1) is 13.0 Å². The van der Waals surface area contributed by atoms with E-state index in [1.807, 2.05) is 11.0 Å². The highest BCUT2D eigenvalue weighted by Gasteiger charge is 2.29. The van der Waals surface area contributed by atoms with Gasteiger partial charge in [-0.25, -0.2) is 4.98 Å². The van der Waals surface area contributed by atoms with Crippen molar-refractivity contribution in [1.82, 2.24) is 15.3 Å². The fourth-order valence-electron chi connectivity index (χ4n) is 2.00. The van der Waals surface area contributed by atoms with Crippen molar-refractivity contribution in [2.45, 2.75) is 6.42 Å². The maximum absolute atomic E-state index is 11.6. The lowest BCUT2D eigenvalue weighted by molar-refractivity contribution is -0.139. The summed E-state index contributed by atoms with van der Waals surface area (Å²) in [6.07, 6.45) is 1.80. The van der Waals surface area contributed by atoms with Crippen molar-refractivity contribution in [3.05, 3.63) is 24.4 Å². The number of carbonyl (C=O) groups excluding carboxylic acids is 1. The smallest absolute Gasteiger partial charge is 0.303 e. The molecule has 0 atom stereocenters. The predicted octanol–water partition coefficient (Wildman–Crippen LogP) is -0.0688. The second kappa shape index (κ2) is 6.14. The van der Waals surface area contributed by atoms with Gasteiger partial charge in [0.1, 0.15) is 5.82 Å². The minimum Gasteiger partial charge on any atom is -0.481 e. The maximum atomic E-state index is 11.6. The lowest BCUT2D eigenvalue weighted by Crippen LogP contribution is -2.51. The number of pyridine rings is 1. The molecule has 0 radical (unpaired) electrons. The molecule has 1 aromatic rings. The predicted molar refractivity (Wildman–Crippen MR) is 68.2 cm³/mol. The minimum absolute atomic E-state index is 0.161. The highest BCUT2D eigenvalue weighted by molar-refractivity contribution is 5.79. The second-order valence-electron chi connectivity index (χ2n) is 4.55. The maximum Gasteiger partial charge on any atom is 0.303 e. The average molecular weight is 264 g/mol. The van der Waals surface area contributed by atoms with Gasteiger partial charge in [-0.1, -0.05) is 6.07 Å². The molecule has 0 aromatic carbocycles. The minimum atomic E-state index is -0.786. The van der Waals surface area contributed by atoms with Gasteiger partial charge in [-0.2, -0.15) is 0 Å². The quantitative estimate of drug-likeness (QED) is 0.623. The van der Waals surface area contributed by atoms with Crippen LogP contribution in [0.15, 0.2) is 24.4 Å². The Kier molecular flexibility index (Phi) is 4.30. The van der Waals surface area contributed by atoms with Crippen LogP contribution < -0.4 is 10.9 Å². The zero-order valence-electron chi connectivity index (χ0n) is 10.4. The summed E-state index contributed by atoms with van der Waals surface area (Å²) < 4.78 is 0. The van der Waals surface area contributed by atoms with Crippen molar-refractivity contribution in [2.75, 3.05) is 25.1 Å². The van der Waals surface area contributed by atoms with E-state index in [4.69, 9.17) is 5.11 Å². The third-order valence-electron chi connectivity index (χ3n) is 2.86. The second-order valence-corrected chi connectivity index (χ2v) is 4.55. The fourth-order valence-corrected chi connectivity index (χ4v) is 2.00. The molecule has 0 bridgehead atoms. The third kappa shape index (κ3) is 4.22. The Balaban J connectivity index is 1.62. The van der Waals surface area contributed by atoms with E-state index < -0.39 is 5.97 Å². The van der Waals surface area contributed by atoms with E-state index in [2.05, 4.69) is 15.8 Å². The number of aromatic nitrogens is 1. The molecular weight excluding hydrogens is 248 g/mol. The van der Waals surface area contributed by atoms with E-state index in [1.54, 1.807) is 18.3 Å². The van der Waals surface area contributed by atoms with Crippen LogP contribution in [-0.4, -0.2) is 46.5 Å². The van der Waals surface area contributed by atoms with Gasteiger partial charge >= 0.3 is 5.97 Å². The summed E-state index contributed by atoms with van der Waals surface area (Å²) in [5.41, 5.74) is 5.25. The van der Waals surface area contributed by atoms with E-state index >= 15 is 0 Å². The number of rotatable bonds is 6. The third-order valence-corrected chi connectivity index (χ3v) is 2.86. The Morgan fingerprint density at radius 1 is 1.42 bits per heavy atom. The first-order valence-corrected chi connectivity index (χ1v) is 6.03. The first-order valence-electron chi connectivity index (χ1n) is 6.03. The van der Waals surface area contributed by atoms with Gasteiger partial charge in [0.15, 0.2) is 0 Å². The van der Waals surface area contributed by atoms with Crippen molar-refractivity contribution in [2.24, 2.45) is 5.92 Å². The van der Waals surface area contributed by atoms with Gasteiger partial charge in [0.2, 0.25) is 0 Å². The Morgan fingerprint density at radius 3 is 2.84 bits per heavy atom. The molecule has 7 nitrogen and oxygen atoms in total. The Labute approximate surface area is 110 Å². The molecule has 1 aliphatic heterocycles. The van der Waals surface area contributed by atoms with Crippen LogP contribution in [0.3, 0.4) is 0 Å². The number of nitrogens with one attached hydrogen (secondary N) is 2. The monoisotopic (exact) mass is 264 g/mol. The molecule has 2 rings (SSSR count). The first kappa shape index (κ1) is 13.3. The lowest BCUT2D eigenvalue weighted by Gasteiger charge is -2.37. The molecule has 1 aromatic heterocycles. The van der Waals surface area contributed by atoms with E-state index in [0.717, 1.165) is 0 Å². The SMILES string of the molecule is O=C(O)CC1CN(CC(=O)NNc2ccccn2)C1. The molecule has 3 N–H and O–H groups in total. The number of hydrazine groups is 1. The fraction of sp³-hybridized carbons (Fsp3) is 0.417. The zero-order chi connectivity index (χ0) is 13.7. The number of carboxylic acids is 1. The van der Waals surface area contributed by atoms with Gasteiger partial charge < -0.3 is 5.11 Å². The molecule has 1 fully saturated rings.